The van der Waals surface area contributed by atoms with Gasteiger partial charge in [-0.25, -0.2) is 14.3 Å². The van der Waals surface area contributed by atoms with Crippen LogP contribution in [0.25, 0.3) is 22.4 Å². The van der Waals surface area contributed by atoms with Gasteiger partial charge in [-0.15, -0.1) is 0 Å². The van der Waals surface area contributed by atoms with Crippen molar-refractivity contribution in [3.05, 3.63) is 94.3 Å². The SMILES string of the molecule is Cc1nn([C@@H](C)C(=O)Nc2ccc(Cl)cn2)c(=O)c2c(-n3cccc3)n(-c3ccccc3)nc12. The summed E-state index contributed by atoms with van der Waals surface area (Å²) in [4.78, 5) is 30.7. The number of hydrogen-bond donors (Lipinski definition) is 1. The van der Waals surface area contributed by atoms with Gasteiger partial charge in [0.1, 0.15) is 22.8 Å². The van der Waals surface area contributed by atoms with Crippen molar-refractivity contribution in [1.29, 1.82) is 0 Å². The topological polar surface area (TPSA) is 99.6 Å². The summed E-state index contributed by atoms with van der Waals surface area (Å²) in [5.41, 5.74) is 1.38. The quantitative estimate of drug-likeness (QED) is 0.417. The van der Waals surface area contributed by atoms with Gasteiger partial charge in [0.2, 0.25) is 5.91 Å². The molecule has 4 aromatic heterocycles. The number of halogens is 1. The number of benzene rings is 1. The molecule has 0 spiro atoms. The van der Waals surface area contributed by atoms with E-state index in [0.717, 1.165) is 5.69 Å². The second-order valence-electron chi connectivity index (χ2n) is 7.75. The highest BCUT2D eigenvalue weighted by Crippen LogP contribution is 2.25. The van der Waals surface area contributed by atoms with E-state index in [4.69, 9.17) is 16.7 Å². The molecule has 0 aliphatic carbocycles. The molecule has 0 aliphatic heterocycles. The predicted octanol–water partition coefficient (Wildman–Crippen LogP) is 3.93. The van der Waals surface area contributed by atoms with E-state index in [9.17, 15) is 9.59 Å². The third-order valence-electron chi connectivity index (χ3n) is 5.46. The molecule has 9 nitrogen and oxygen atoms in total. The lowest BCUT2D eigenvalue weighted by Crippen LogP contribution is -2.34. The van der Waals surface area contributed by atoms with E-state index in [1.54, 1.807) is 30.7 Å². The first-order chi connectivity index (χ1) is 16.4. The van der Waals surface area contributed by atoms with Crippen molar-refractivity contribution in [2.75, 3.05) is 5.32 Å². The van der Waals surface area contributed by atoms with Gasteiger partial charge >= 0.3 is 0 Å². The summed E-state index contributed by atoms with van der Waals surface area (Å²) in [5.74, 6) is 0.473. The van der Waals surface area contributed by atoms with Gasteiger partial charge < -0.3 is 9.88 Å². The summed E-state index contributed by atoms with van der Waals surface area (Å²) in [6.07, 6.45) is 5.12. The molecule has 5 rings (SSSR count). The Bertz CT molecular complexity index is 1540. The number of nitrogens with one attached hydrogen (secondary N) is 1. The lowest BCUT2D eigenvalue weighted by Gasteiger charge is -2.15. The van der Waals surface area contributed by atoms with Crippen LogP contribution in [0.3, 0.4) is 0 Å². The van der Waals surface area contributed by atoms with Gasteiger partial charge in [-0.2, -0.15) is 10.2 Å². The molecular weight excluding hydrogens is 454 g/mol. The van der Waals surface area contributed by atoms with Crippen molar-refractivity contribution in [2.45, 2.75) is 19.9 Å². The van der Waals surface area contributed by atoms with E-state index >= 15 is 0 Å². The first-order valence-corrected chi connectivity index (χ1v) is 10.9. The Morgan fingerprint density at radius 2 is 1.76 bits per heavy atom. The number of carbonyl (C=O) groups is 1. The molecule has 1 amide bonds. The van der Waals surface area contributed by atoms with E-state index in [1.807, 2.05) is 59.4 Å². The molecule has 0 unspecified atom stereocenters. The second-order valence-corrected chi connectivity index (χ2v) is 8.18. The van der Waals surface area contributed by atoms with Gasteiger partial charge in [0, 0.05) is 18.6 Å². The Kier molecular flexibility index (Phi) is 5.46. The Labute approximate surface area is 199 Å². The largest absolute Gasteiger partial charge is 0.309 e. The number of pyridine rings is 1. The van der Waals surface area contributed by atoms with Crippen LogP contribution >= 0.6 is 11.6 Å². The zero-order valence-electron chi connectivity index (χ0n) is 18.4. The number of nitrogens with zero attached hydrogens (tertiary/aromatic N) is 6. The Balaban J connectivity index is 1.66. The van der Waals surface area contributed by atoms with E-state index in [1.165, 1.54) is 10.9 Å². The zero-order chi connectivity index (χ0) is 23.8. The number of hydrogen-bond acceptors (Lipinski definition) is 5. The molecule has 1 aromatic carbocycles. The van der Waals surface area contributed by atoms with Crippen molar-refractivity contribution in [3.8, 4) is 11.5 Å². The molecule has 0 fully saturated rings. The van der Waals surface area contributed by atoms with Crippen LogP contribution in [0.15, 0.2) is 78.0 Å². The molecule has 5 aromatic rings. The highest BCUT2D eigenvalue weighted by Gasteiger charge is 2.25. The van der Waals surface area contributed by atoms with Crippen LogP contribution in [0.4, 0.5) is 5.82 Å². The minimum atomic E-state index is -0.898. The lowest BCUT2D eigenvalue weighted by atomic mass is 10.2. The van der Waals surface area contributed by atoms with Crippen molar-refractivity contribution in [2.24, 2.45) is 0 Å². The molecule has 0 saturated carbocycles. The van der Waals surface area contributed by atoms with Crippen LogP contribution < -0.4 is 10.9 Å². The summed E-state index contributed by atoms with van der Waals surface area (Å²) in [5, 5.41) is 12.7. The van der Waals surface area contributed by atoms with Gasteiger partial charge in [-0.1, -0.05) is 29.8 Å². The maximum Gasteiger partial charge on any atom is 0.280 e. The molecule has 4 heterocycles. The summed E-state index contributed by atoms with van der Waals surface area (Å²) < 4.78 is 4.73. The highest BCUT2D eigenvalue weighted by atomic mass is 35.5. The van der Waals surface area contributed by atoms with Crippen molar-refractivity contribution >= 4 is 34.2 Å². The summed E-state index contributed by atoms with van der Waals surface area (Å²) in [6, 6.07) is 15.6. The number of carbonyl (C=O) groups excluding carboxylic acids is 1. The van der Waals surface area contributed by atoms with Gasteiger partial charge in [0.25, 0.3) is 5.56 Å². The fourth-order valence-corrected chi connectivity index (χ4v) is 3.86. The number of aryl methyl sites for hydroxylation is 1. The number of fused-ring (bicyclic) bond motifs is 1. The fraction of sp³-hybridized carbons (Fsp3) is 0.125. The van der Waals surface area contributed by atoms with E-state index < -0.39 is 17.5 Å². The lowest BCUT2D eigenvalue weighted by molar-refractivity contribution is -0.119. The van der Waals surface area contributed by atoms with Gasteiger partial charge in [0.15, 0.2) is 5.82 Å². The van der Waals surface area contributed by atoms with Crippen LogP contribution in [-0.4, -0.2) is 35.0 Å². The van der Waals surface area contributed by atoms with Crippen LogP contribution in [0.5, 0.6) is 0 Å². The van der Waals surface area contributed by atoms with Crippen molar-refractivity contribution in [3.63, 3.8) is 0 Å². The molecule has 170 valence electrons. The molecule has 0 bridgehead atoms. The average Bonchev–Trinajstić information content (AvgIpc) is 3.51. The standard InChI is InChI=1S/C24H20ClN7O2/c1-15-21-20(23(30-12-6-7-13-30)32(29-21)18-8-4-3-5-9-18)24(34)31(28-15)16(2)22(33)27-19-11-10-17(25)14-26-19/h3-14,16H,1-2H3,(H,26,27,33)/t16-/m0/s1. The van der Waals surface area contributed by atoms with E-state index in [-0.39, 0.29) is 0 Å². The Morgan fingerprint density at radius 1 is 1.03 bits per heavy atom. The van der Waals surface area contributed by atoms with Crippen molar-refractivity contribution in [1.82, 2.24) is 29.1 Å². The maximum atomic E-state index is 13.7. The van der Waals surface area contributed by atoms with Crippen LogP contribution in [0.1, 0.15) is 18.7 Å². The highest BCUT2D eigenvalue weighted by molar-refractivity contribution is 6.30. The van der Waals surface area contributed by atoms with Gasteiger partial charge in [-0.05, 0) is 50.2 Å². The van der Waals surface area contributed by atoms with Gasteiger partial charge in [0.05, 0.1) is 16.4 Å². The molecule has 10 heteroatoms. The van der Waals surface area contributed by atoms with Crippen molar-refractivity contribution < 1.29 is 4.79 Å². The monoisotopic (exact) mass is 473 g/mol. The summed E-state index contributed by atoms with van der Waals surface area (Å²) in [6.45, 7) is 3.38. The first kappa shape index (κ1) is 21.6. The van der Waals surface area contributed by atoms with Crippen LogP contribution in [0.2, 0.25) is 5.02 Å². The van der Waals surface area contributed by atoms with Crippen LogP contribution in [0, 0.1) is 6.92 Å². The normalized spacial score (nSPS) is 12.1. The molecule has 34 heavy (non-hydrogen) atoms. The number of anilines is 1. The minimum Gasteiger partial charge on any atom is -0.309 e. The number of aromatic nitrogens is 6. The smallest absolute Gasteiger partial charge is 0.280 e. The van der Waals surface area contributed by atoms with Gasteiger partial charge in [-0.3, -0.25) is 9.59 Å². The summed E-state index contributed by atoms with van der Waals surface area (Å²) >= 11 is 5.86. The Morgan fingerprint density at radius 3 is 2.44 bits per heavy atom. The number of rotatable bonds is 5. The minimum absolute atomic E-state index is 0.331. The van der Waals surface area contributed by atoms with Crippen LogP contribution in [-0.2, 0) is 4.79 Å². The molecule has 0 aliphatic rings. The number of para-hydroxylation sites is 1. The fourth-order valence-electron chi connectivity index (χ4n) is 3.75. The third-order valence-corrected chi connectivity index (χ3v) is 5.68. The second kappa shape index (κ2) is 8.60. The average molecular weight is 474 g/mol. The van der Waals surface area contributed by atoms with E-state index in [2.05, 4.69) is 15.4 Å². The third kappa shape index (κ3) is 3.75. The Hall–Kier alpha value is -4.24. The molecule has 1 atom stereocenters. The maximum absolute atomic E-state index is 13.7. The van der Waals surface area contributed by atoms with E-state index in [0.29, 0.717) is 33.3 Å². The zero-order valence-corrected chi connectivity index (χ0v) is 19.1. The molecule has 1 N–H and O–H groups in total. The molecule has 0 saturated heterocycles. The number of amides is 1. The summed E-state index contributed by atoms with van der Waals surface area (Å²) in [7, 11) is 0. The predicted molar refractivity (Wildman–Crippen MR) is 130 cm³/mol. The molecular formula is C24H20ClN7O2. The molecule has 0 radical (unpaired) electrons. The first-order valence-electron chi connectivity index (χ1n) is 10.6.